The first-order valence-corrected chi connectivity index (χ1v) is 5.24. The lowest BCUT2D eigenvalue weighted by Gasteiger charge is -2.41. The highest BCUT2D eigenvalue weighted by Gasteiger charge is 2.41. The van der Waals surface area contributed by atoms with Crippen molar-refractivity contribution in [2.24, 2.45) is 0 Å². The predicted octanol–water partition coefficient (Wildman–Crippen LogP) is 1.63. The van der Waals surface area contributed by atoms with Gasteiger partial charge in [-0.2, -0.15) is 13.2 Å². The van der Waals surface area contributed by atoms with E-state index in [0.717, 1.165) is 6.20 Å². The Labute approximate surface area is 97.0 Å². The van der Waals surface area contributed by atoms with Crippen LogP contribution in [-0.4, -0.2) is 30.8 Å². The van der Waals surface area contributed by atoms with Gasteiger partial charge in [-0.1, -0.05) is 6.07 Å². The Balaban J connectivity index is 2.27. The number of alkyl halides is 3. The van der Waals surface area contributed by atoms with Crippen molar-refractivity contribution < 1.29 is 17.9 Å². The monoisotopic (exact) mass is 246 g/mol. The summed E-state index contributed by atoms with van der Waals surface area (Å²) >= 11 is 0. The van der Waals surface area contributed by atoms with Crippen molar-refractivity contribution in [1.82, 2.24) is 10.3 Å². The number of nitrogens with zero attached hydrogens (tertiary/aromatic N) is 1. The lowest BCUT2D eigenvalue weighted by Crippen LogP contribution is -2.62. The van der Waals surface area contributed by atoms with Crippen LogP contribution in [0.3, 0.4) is 0 Å². The molecule has 17 heavy (non-hydrogen) atoms. The van der Waals surface area contributed by atoms with Crippen LogP contribution in [0.2, 0.25) is 0 Å². The van der Waals surface area contributed by atoms with E-state index in [9.17, 15) is 13.2 Å². The summed E-state index contributed by atoms with van der Waals surface area (Å²) in [6.07, 6.45) is -3.04. The van der Waals surface area contributed by atoms with Gasteiger partial charge in [0, 0.05) is 32.8 Å². The summed E-state index contributed by atoms with van der Waals surface area (Å²) in [7, 11) is 1.52. The second-order valence-electron chi connectivity index (χ2n) is 4.18. The highest BCUT2D eigenvalue weighted by molar-refractivity contribution is 5.25. The van der Waals surface area contributed by atoms with Gasteiger partial charge >= 0.3 is 6.18 Å². The zero-order valence-corrected chi connectivity index (χ0v) is 9.34. The second kappa shape index (κ2) is 4.27. The molecular weight excluding hydrogens is 233 g/mol. The van der Waals surface area contributed by atoms with Crippen LogP contribution in [-0.2, 0) is 17.3 Å². The molecule has 0 spiro atoms. The molecular formula is C11H13F3N2O. The van der Waals surface area contributed by atoms with Crippen LogP contribution in [0.15, 0.2) is 18.3 Å². The molecule has 1 fully saturated rings. The molecule has 6 heteroatoms. The van der Waals surface area contributed by atoms with Gasteiger partial charge in [-0.25, -0.2) is 0 Å². The topological polar surface area (TPSA) is 34.1 Å². The maximum absolute atomic E-state index is 12.7. The third-order valence-electron chi connectivity index (χ3n) is 3.00. The molecule has 1 aliphatic heterocycles. The van der Waals surface area contributed by atoms with Gasteiger partial charge in [-0.3, -0.25) is 4.98 Å². The normalized spacial score (nSPS) is 18.8. The van der Waals surface area contributed by atoms with Crippen LogP contribution in [0, 0.1) is 0 Å². The summed E-state index contributed by atoms with van der Waals surface area (Å²) in [6.45, 7) is 1.13. The fraction of sp³-hybridized carbons (Fsp3) is 0.545. The highest BCUT2D eigenvalue weighted by Crippen LogP contribution is 2.32. The average molecular weight is 246 g/mol. The van der Waals surface area contributed by atoms with Crippen molar-refractivity contribution in [1.29, 1.82) is 0 Å². The van der Waals surface area contributed by atoms with Crippen molar-refractivity contribution >= 4 is 0 Å². The Kier molecular flexibility index (Phi) is 3.09. The number of aromatic nitrogens is 1. The number of pyridine rings is 1. The molecule has 94 valence electrons. The van der Waals surface area contributed by atoms with Crippen LogP contribution in [0.1, 0.15) is 11.3 Å². The Morgan fingerprint density at radius 2 is 2.18 bits per heavy atom. The van der Waals surface area contributed by atoms with Crippen molar-refractivity contribution in [3.63, 3.8) is 0 Å². The SMILES string of the molecule is COC1(Cc2cccnc2C(F)(F)F)CNC1. The van der Waals surface area contributed by atoms with Crippen molar-refractivity contribution in [3.05, 3.63) is 29.6 Å². The number of nitrogens with one attached hydrogen (secondary N) is 1. The number of rotatable bonds is 3. The fourth-order valence-corrected chi connectivity index (χ4v) is 1.93. The zero-order chi connectivity index (χ0) is 12.5. The first-order valence-electron chi connectivity index (χ1n) is 5.24. The van der Waals surface area contributed by atoms with Gasteiger partial charge in [0.2, 0.25) is 0 Å². The molecule has 1 aromatic heterocycles. The minimum Gasteiger partial charge on any atom is -0.375 e. The molecule has 0 aliphatic carbocycles. The van der Waals surface area contributed by atoms with Gasteiger partial charge < -0.3 is 10.1 Å². The smallest absolute Gasteiger partial charge is 0.375 e. The summed E-state index contributed by atoms with van der Waals surface area (Å²) in [5, 5.41) is 3.00. The van der Waals surface area contributed by atoms with E-state index in [1.807, 2.05) is 0 Å². The minimum absolute atomic E-state index is 0.184. The summed E-state index contributed by atoms with van der Waals surface area (Å²) in [6, 6.07) is 2.97. The molecule has 1 N–H and O–H groups in total. The van der Waals surface area contributed by atoms with E-state index < -0.39 is 17.5 Å². The van der Waals surface area contributed by atoms with Crippen molar-refractivity contribution in [2.75, 3.05) is 20.2 Å². The first-order chi connectivity index (χ1) is 7.97. The van der Waals surface area contributed by atoms with Crippen LogP contribution in [0.5, 0.6) is 0 Å². The van der Waals surface area contributed by atoms with E-state index in [1.165, 1.54) is 19.2 Å². The lowest BCUT2D eigenvalue weighted by atomic mass is 9.88. The molecule has 2 rings (SSSR count). The zero-order valence-electron chi connectivity index (χ0n) is 9.34. The van der Waals surface area contributed by atoms with Crippen molar-refractivity contribution in [3.8, 4) is 0 Å². The van der Waals surface area contributed by atoms with E-state index >= 15 is 0 Å². The van der Waals surface area contributed by atoms with Crippen LogP contribution < -0.4 is 5.32 Å². The molecule has 0 aromatic carbocycles. The molecule has 1 aliphatic rings. The molecule has 1 saturated heterocycles. The van der Waals surface area contributed by atoms with Gasteiger partial charge in [-0.15, -0.1) is 0 Å². The third kappa shape index (κ3) is 2.42. The maximum atomic E-state index is 12.7. The Morgan fingerprint density at radius 3 is 2.65 bits per heavy atom. The molecule has 0 saturated carbocycles. The molecule has 2 heterocycles. The predicted molar refractivity (Wildman–Crippen MR) is 55.6 cm³/mol. The summed E-state index contributed by atoms with van der Waals surface area (Å²) in [4.78, 5) is 3.43. The number of methoxy groups -OCH3 is 1. The largest absolute Gasteiger partial charge is 0.433 e. The van der Waals surface area contributed by atoms with Gasteiger partial charge in [0.15, 0.2) is 0 Å². The third-order valence-corrected chi connectivity index (χ3v) is 3.00. The first kappa shape index (κ1) is 12.3. The van der Waals surface area contributed by atoms with Gasteiger partial charge in [0.1, 0.15) is 5.69 Å². The van der Waals surface area contributed by atoms with Crippen LogP contribution in [0.25, 0.3) is 0 Å². The van der Waals surface area contributed by atoms with E-state index in [-0.39, 0.29) is 12.0 Å². The number of hydrogen-bond acceptors (Lipinski definition) is 3. The summed E-state index contributed by atoms with van der Waals surface area (Å²) in [5.74, 6) is 0. The van der Waals surface area contributed by atoms with Crippen molar-refractivity contribution in [2.45, 2.75) is 18.2 Å². The lowest BCUT2D eigenvalue weighted by molar-refractivity contribution is -0.142. The Morgan fingerprint density at radius 1 is 1.47 bits per heavy atom. The number of hydrogen-bond donors (Lipinski definition) is 1. The summed E-state index contributed by atoms with van der Waals surface area (Å²) < 4.78 is 43.5. The molecule has 3 nitrogen and oxygen atoms in total. The average Bonchev–Trinajstić information content (AvgIpc) is 2.23. The van der Waals surface area contributed by atoms with E-state index in [1.54, 1.807) is 0 Å². The molecule has 0 unspecified atom stereocenters. The van der Waals surface area contributed by atoms with E-state index in [2.05, 4.69) is 10.3 Å². The minimum atomic E-state index is -4.41. The standard InChI is InChI=1S/C11H13F3N2O/c1-17-10(6-15-7-10)5-8-3-2-4-16-9(8)11(12,13)14/h2-4,15H,5-7H2,1H3. The van der Waals surface area contributed by atoms with E-state index in [4.69, 9.17) is 4.74 Å². The highest BCUT2D eigenvalue weighted by atomic mass is 19.4. The second-order valence-corrected chi connectivity index (χ2v) is 4.18. The molecule has 0 atom stereocenters. The quantitative estimate of drug-likeness (QED) is 0.880. The maximum Gasteiger partial charge on any atom is 0.433 e. The van der Waals surface area contributed by atoms with Crippen LogP contribution >= 0.6 is 0 Å². The number of halogens is 3. The molecule has 1 aromatic rings. The van der Waals surface area contributed by atoms with E-state index in [0.29, 0.717) is 13.1 Å². The summed E-state index contributed by atoms with van der Waals surface area (Å²) in [5.41, 5.74) is -1.16. The molecule has 0 bridgehead atoms. The molecule has 0 radical (unpaired) electrons. The Bertz CT molecular complexity index is 396. The van der Waals surface area contributed by atoms with Gasteiger partial charge in [0.25, 0.3) is 0 Å². The van der Waals surface area contributed by atoms with Gasteiger partial charge in [0.05, 0.1) is 5.60 Å². The van der Waals surface area contributed by atoms with Gasteiger partial charge in [-0.05, 0) is 11.6 Å². The van der Waals surface area contributed by atoms with Crippen LogP contribution in [0.4, 0.5) is 13.2 Å². The molecule has 0 amide bonds. The number of ether oxygens (including phenoxy) is 1. The Hall–Kier alpha value is -1.14. The fourth-order valence-electron chi connectivity index (χ4n) is 1.93.